The lowest BCUT2D eigenvalue weighted by Gasteiger charge is -2.21. The van der Waals surface area contributed by atoms with Gasteiger partial charge in [-0.15, -0.1) is 0 Å². The van der Waals surface area contributed by atoms with Crippen LogP contribution in [0.3, 0.4) is 0 Å². The molecule has 2 saturated heterocycles. The summed E-state index contributed by atoms with van der Waals surface area (Å²) in [5.41, 5.74) is 0.420. The van der Waals surface area contributed by atoms with E-state index in [0.29, 0.717) is 11.9 Å². The number of fused-ring (bicyclic) bond motifs is 1. The normalized spacial score (nSPS) is 21.9. The van der Waals surface area contributed by atoms with Crippen molar-refractivity contribution in [3.63, 3.8) is 0 Å². The van der Waals surface area contributed by atoms with E-state index in [1.807, 2.05) is 0 Å². The molecular weight excluding hydrogens is 344 g/mol. The van der Waals surface area contributed by atoms with E-state index >= 15 is 0 Å². The van der Waals surface area contributed by atoms with Crippen molar-refractivity contribution in [1.82, 2.24) is 19.5 Å². The standard InChI is InChI=1S/C16H16N4O4S/c21-14-9-18-16(22)20(14)12-6-8-19(10-12)25(23,24)13-5-1-3-11-4-2-7-17-15(11)13/h1-5,7,12H,6,8-10H2,(H,18,22). The number of aromatic nitrogens is 1. The summed E-state index contributed by atoms with van der Waals surface area (Å²) in [5.74, 6) is -0.318. The third-order valence-electron chi connectivity index (χ3n) is 4.58. The summed E-state index contributed by atoms with van der Waals surface area (Å²) in [4.78, 5) is 29.1. The van der Waals surface area contributed by atoms with E-state index < -0.39 is 22.1 Å². The number of urea groups is 1. The highest BCUT2D eigenvalue weighted by atomic mass is 32.2. The van der Waals surface area contributed by atoms with Gasteiger partial charge in [-0.05, 0) is 18.6 Å². The Morgan fingerprint density at radius 3 is 2.72 bits per heavy atom. The van der Waals surface area contributed by atoms with Crippen LogP contribution in [0.2, 0.25) is 0 Å². The fraction of sp³-hybridized carbons (Fsp3) is 0.312. The summed E-state index contributed by atoms with van der Waals surface area (Å²) >= 11 is 0. The van der Waals surface area contributed by atoms with E-state index in [4.69, 9.17) is 0 Å². The Morgan fingerprint density at radius 1 is 1.16 bits per heavy atom. The molecule has 130 valence electrons. The maximum absolute atomic E-state index is 13.1. The van der Waals surface area contributed by atoms with Crippen molar-refractivity contribution in [2.45, 2.75) is 17.4 Å². The zero-order valence-electron chi connectivity index (χ0n) is 13.3. The summed E-state index contributed by atoms with van der Waals surface area (Å²) < 4.78 is 27.4. The molecule has 0 bridgehead atoms. The number of sulfonamides is 1. The highest BCUT2D eigenvalue weighted by Crippen LogP contribution is 2.28. The van der Waals surface area contributed by atoms with Crippen molar-refractivity contribution >= 4 is 32.9 Å². The molecule has 8 nitrogen and oxygen atoms in total. The third-order valence-corrected chi connectivity index (χ3v) is 6.48. The van der Waals surface area contributed by atoms with Gasteiger partial charge in [0.1, 0.15) is 4.90 Å². The van der Waals surface area contributed by atoms with Gasteiger partial charge in [0.2, 0.25) is 15.9 Å². The van der Waals surface area contributed by atoms with Gasteiger partial charge in [-0.3, -0.25) is 14.7 Å². The highest BCUT2D eigenvalue weighted by Gasteiger charge is 2.42. The molecule has 0 spiro atoms. The van der Waals surface area contributed by atoms with Crippen LogP contribution in [0, 0.1) is 0 Å². The highest BCUT2D eigenvalue weighted by molar-refractivity contribution is 7.89. The third kappa shape index (κ3) is 2.56. The number of hydrogen-bond donors (Lipinski definition) is 1. The number of rotatable bonds is 3. The van der Waals surface area contributed by atoms with Crippen LogP contribution in [0.5, 0.6) is 0 Å². The molecular formula is C16H16N4O4S. The summed E-state index contributed by atoms with van der Waals surface area (Å²) in [6.45, 7) is 0.327. The van der Waals surface area contributed by atoms with Gasteiger partial charge in [0.05, 0.1) is 18.1 Å². The maximum atomic E-state index is 13.1. The van der Waals surface area contributed by atoms with E-state index in [-0.39, 0.29) is 30.4 Å². The number of benzene rings is 1. The predicted molar refractivity (Wildman–Crippen MR) is 89.2 cm³/mol. The minimum Gasteiger partial charge on any atom is -0.329 e. The van der Waals surface area contributed by atoms with Crippen molar-refractivity contribution in [2.75, 3.05) is 19.6 Å². The van der Waals surface area contributed by atoms with Crippen LogP contribution in [0.25, 0.3) is 10.9 Å². The summed E-state index contributed by atoms with van der Waals surface area (Å²) in [5, 5.41) is 3.21. The molecule has 1 N–H and O–H groups in total. The quantitative estimate of drug-likeness (QED) is 0.806. The molecule has 1 atom stereocenters. The maximum Gasteiger partial charge on any atom is 0.324 e. The molecule has 2 aliphatic heterocycles. The lowest BCUT2D eigenvalue weighted by Crippen LogP contribution is -2.42. The van der Waals surface area contributed by atoms with E-state index in [1.165, 1.54) is 10.4 Å². The number of nitrogens with one attached hydrogen (secondary N) is 1. The van der Waals surface area contributed by atoms with Gasteiger partial charge in [-0.25, -0.2) is 13.2 Å². The van der Waals surface area contributed by atoms with Crippen LogP contribution in [0.15, 0.2) is 41.4 Å². The molecule has 3 heterocycles. The molecule has 0 aliphatic carbocycles. The molecule has 9 heteroatoms. The van der Waals surface area contributed by atoms with Gasteiger partial charge in [0.15, 0.2) is 0 Å². The topological polar surface area (TPSA) is 99.7 Å². The molecule has 1 unspecified atom stereocenters. The molecule has 4 rings (SSSR count). The van der Waals surface area contributed by atoms with Crippen molar-refractivity contribution in [2.24, 2.45) is 0 Å². The molecule has 3 amide bonds. The Kier molecular flexibility index (Phi) is 3.69. The zero-order chi connectivity index (χ0) is 17.6. The Bertz CT molecular complexity index is 954. The SMILES string of the molecule is O=C1CNC(=O)N1C1CCN(S(=O)(=O)c2cccc3cccnc23)C1. The Morgan fingerprint density at radius 2 is 1.96 bits per heavy atom. The van der Waals surface area contributed by atoms with Gasteiger partial charge in [-0.1, -0.05) is 18.2 Å². The first-order valence-corrected chi connectivity index (χ1v) is 9.36. The number of imide groups is 1. The van der Waals surface area contributed by atoms with Gasteiger partial charge in [0, 0.05) is 24.7 Å². The van der Waals surface area contributed by atoms with Crippen LogP contribution in [0.1, 0.15) is 6.42 Å². The Labute approximate surface area is 144 Å². The number of hydrogen-bond acceptors (Lipinski definition) is 5. The summed E-state index contributed by atoms with van der Waals surface area (Å²) in [7, 11) is -3.76. The molecule has 2 aliphatic rings. The van der Waals surface area contributed by atoms with Crippen LogP contribution in [-0.2, 0) is 14.8 Å². The smallest absolute Gasteiger partial charge is 0.324 e. The van der Waals surface area contributed by atoms with Crippen molar-refractivity contribution in [3.8, 4) is 0 Å². The zero-order valence-corrected chi connectivity index (χ0v) is 14.1. The molecule has 0 saturated carbocycles. The monoisotopic (exact) mass is 360 g/mol. The average Bonchev–Trinajstić information content (AvgIpc) is 3.21. The van der Waals surface area contributed by atoms with Crippen LogP contribution in [0.4, 0.5) is 4.79 Å². The lowest BCUT2D eigenvalue weighted by atomic mass is 10.2. The predicted octanol–water partition coefficient (Wildman–Crippen LogP) is 0.550. The largest absolute Gasteiger partial charge is 0.329 e. The van der Waals surface area contributed by atoms with E-state index in [0.717, 1.165) is 10.3 Å². The van der Waals surface area contributed by atoms with Gasteiger partial charge in [-0.2, -0.15) is 4.31 Å². The van der Waals surface area contributed by atoms with Gasteiger partial charge >= 0.3 is 6.03 Å². The Hall–Kier alpha value is -2.52. The van der Waals surface area contributed by atoms with Crippen molar-refractivity contribution < 1.29 is 18.0 Å². The first-order valence-electron chi connectivity index (χ1n) is 7.92. The number of carbonyl (C=O) groups is 2. The van der Waals surface area contributed by atoms with Crippen molar-refractivity contribution in [1.29, 1.82) is 0 Å². The fourth-order valence-electron chi connectivity index (χ4n) is 3.37. The van der Waals surface area contributed by atoms with Gasteiger partial charge in [0.25, 0.3) is 0 Å². The number of pyridine rings is 1. The van der Waals surface area contributed by atoms with Crippen LogP contribution < -0.4 is 5.32 Å². The Balaban J connectivity index is 1.65. The second kappa shape index (κ2) is 5.78. The minimum absolute atomic E-state index is 0.0324. The molecule has 2 aromatic rings. The number of amides is 3. The number of para-hydroxylation sites is 1. The van der Waals surface area contributed by atoms with Crippen molar-refractivity contribution in [3.05, 3.63) is 36.5 Å². The molecule has 0 radical (unpaired) electrons. The summed E-state index contributed by atoms with van der Waals surface area (Å²) in [6, 6.07) is 7.69. The van der Waals surface area contributed by atoms with E-state index in [1.54, 1.807) is 30.5 Å². The first-order chi connectivity index (χ1) is 12.0. The van der Waals surface area contributed by atoms with Crippen LogP contribution >= 0.6 is 0 Å². The molecule has 1 aromatic heterocycles. The minimum atomic E-state index is -3.76. The first kappa shape index (κ1) is 16.0. The number of nitrogens with zero attached hydrogens (tertiary/aromatic N) is 3. The second-order valence-corrected chi connectivity index (χ2v) is 7.97. The summed E-state index contributed by atoms with van der Waals surface area (Å²) in [6.07, 6.45) is 1.98. The van der Waals surface area contributed by atoms with E-state index in [9.17, 15) is 18.0 Å². The molecule has 1 aromatic carbocycles. The molecule has 25 heavy (non-hydrogen) atoms. The van der Waals surface area contributed by atoms with E-state index in [2.05, 4.69) is 10.3 Å². The second-order valence-electron chi connectivity index (χ2n) is 6.06. The van der Waals surface area contributed by atoms with Crippen LogP contribution in [-0.4, -0.2) is 60.2 Å². The average molecular weight is 360 g/mol. The lowest BCUT2D eigenvalue weighted by molar-refractivity contribution is -0.126. The number of carbonyl (C=O) groups excluding carboxylic acids is 2. The van der Waals surface area contributed by atoms with Gasteiger partial charge < -0.3 is 5.32 Å². The fourth-order valence-corrected chi connectivity index (χ4v) is 5.03. The molecule has 2 fully saturated rings.